The fraction of sp³-hybridized carbons (Fsp3) is 0.529. The van der Waals surface area contributed by atoms with Crippen molar-refractivity contribution in [2.24, 2.45) is 5.92 Å². The third-order valence-corrected chi connectivity index (χ3v) is 6.72. The third kappa shape index (κ3) is 3.53. The molecule has 2 heterocycles. The van der Waals surface area contributed by atoms with Gasteiger partial charge in [0.15, 0.2) is 9.84 Å². The Kier molecular flexibility index (Phi) is 4.81. The average molecular weight is 385 g/mol. The maximum absolute atomic E-state index is 12.9. The van der Waals surface area contributed by atoms with E-state index in [9.17, 15) is 18.0 Å². The van der Waals surface area contributed by atoms with E-state index in [1.807, 2.05) is 0 Å². The van der Waals surface area contributed by atoms with E-state index < -0.39 is 21.9 Å². The highest BCUT2D eigenvalue weighted by atomic mass is 35.5. The van der Waals surface area contributed by atoms with Gasteiger partial charge in [-0.15, -0.1) is 0 Å². The first-order valence-corrected chi connectivity index (χ1v) is 10.5. The van der Waals surface area contributed by atoms with Gasteiger partial charge in [0.05, 0.1) is 23.6 Å². The van der Waals surface area contributed by atoms with E-state index in [0.717, 1.165) is 0 Å². The van der Waals surface area contributed by atoms with E-state index in [2.05, 4.69) is 0 Å². The molecule has 2 atom stereocenters. The van der Waals surface area contributed by atoms with Gasteiger partial charge in [-0.25, -0.2) is 8.42 Å². The normalized spacial score (nSPS) is 25.1. The maximum Gasteiger partial charge on any atom is 0.254 e. The summed E-state index contributed by atoms with van der Waals surface area (Å²) in [4.78, 5) is 28.6. The zero-order valence-electron chi connectivity index (χ0n) is 14.2. The monoisotopic (exact) mass is 384 g/mol. The quantitative estimate of drug-likeness (QED) is 0.773. The number of amides is 2. The summed E-state index contributed by atoms with van der Waals surface area (Å²) in [6.45, 7) is 4.26. The van der Waals surface area contributed by atoms with Crippen LogP contribution in [0.15, 0.2) is 24.3 Å². The fourth-order valence-electron chi connectivity index (χ4n) is 3.60. The number of carbonyl (C=O) groups is 2. The predicted molar refractivity (Wildman–Crippen MR) is 95.3 cm³/mol. The molecule has 2 amide bonds. The number of sulfone groups is 1. The van der Waals surface area contributed by atoms with Crippen molar-refractivity contribution in [1.82, 2.24) is 9.80 Å². The molecule has 0 unspecified atom stereocenters. The van der Waals surface area contributed by atoms with Crippen LogP contribution < -0.4 is 0 Å². The van der Waals surface area contributed by atoms with Crippen molar-refractivity contribution >= 4 is 33.3 Å². The zero-order chi connectivity index (χ0) is 18.4. The number of piperazine rings is 1. The Bertz CT molecular complexity index is 809. The second-order valence-corrected chi connectivity index (χ2v) is 9.50. The number of fused-ring (bicyclic) bond motifs is 1. The molecule has 2 aliphatic heterocycles. The number of nitrogens with zero attached hydrogens (tertiary/aromatic N) is 2. The Labute approximate surface area is 152 Å². The Morgan fingerprint density at radius 2 is 1.72 bits per heavy atom. The van der Waals surface area contributed by atoms with E-state index in [1.165, 1.54) is 0 Å². The first kappa shape index (κ1) is 18.2. The number of carbonyl (C=O) groups excluding carboxylic acids is 2. The maximum atomic E-state index is 12.9. The molecular formula is C17H21ClN2O4S. The Morgan fingerprint density at radius 3 is 2.32 bits per heavy atom. The first-order chi connectivity index (χ1) is 11.7. The Morgan fingerprint density at radius 1 is 1.12 bits per heavy atom. The van der Waals surface area contributed by atoms with Crippen LogP contribution in [0.4, 0.5) is 0 Å². The molecule has 0 aliphatic carbocycles. The number of halogens is 1. The molecule has 136 valence electrons. The highest BCUT2D eigenvalue weighted by molar-refractivity contribution is 7.91. The molecule has 25 heavy (non-hydrogen) atoms. The number of hydrogen-bond donors (Lipinski definition) is 0. The van der Waals surface area contributed by atoms with Gasteiger partial charge in [-0.2, -0.15) is 0 Å². The molecular weight excluding hydrogens is 364 g/mol. The van der Waals surface area contributed by atoms with Crippen LogP contribution in [0.5, 0.6) is 0 Å². The average Bonchev–Trinajstić information content (AvgIpc) is 2.87. The van der Waals surface area contributed by atoms with Crippen LogP contribution in [0.2, 0.25) is 5.02 Å². The zero-order valence-corrected chi connectivity index (χ0v) is 15.8. The summed E-state index contributed by atoms with van der Waals surface area (Å²) in [5, 5.41) is 0.454. The van der Waals surface area contributed by atoms with E-state index in [1.54, 1.807) is 47.9 Å². The highest BCUT2D eigenvalue weighted by Gasteiger charge is 2.49. The van der Waals surface area contributed by atoms with Crippen molar-refractivity contribution in [2.45, 2.75) is 25.9 Å². The molecule has 8 heteroatoms. The summed E-state index contributed by atoms with van der Waals surface area (Å²) in [5.74, 6) is -0.714. The van der Waals surface area contributed by atoms with Gasteiger partial charge in [-0.1, -0.05) is 31.5 Å². The molecule has 0 aromatic heterocycles. The summed E-state index contributed by atoms with van der Waals surface area (Å²) in [5.41, 5.74) is 0.430. The standard InChI is InChI=1S/C17H21ClN2O4S/c1-11(2)16(21)19-6-7-20(15-10-25(23,24)9-14(15)19)17(22)12-4-3-5-13(18)8-12/h3-5,8,11,14-15H,6-7,9-10H2,1-2H3/t14-,15+/m1/s1. The number of hydrogen-bond acceptors (Lipinski definition) is 4. The van der Waals surface area contributed by atoms with E-state index in [0.29, 0.717) is 23.7 Å². The van der Waals surface area contributed by atoms with Gasteiger partial charge in [-0.3, -0.25) is 9.59 Å². The van der Waals surface area contributed by atoms with Crippen molar-refractivity contribution < 1.29 is 18.0 Å². The molecule has 3 rings (SSSR count). The second-order valence-electron chi connectivity index (χ2n) is 6.91. The summed E-state index contributed by atoms with van der Waals surface area (Å²) in [7, 11) is -3.29. The van der Waals surface area contributed by atoms with Crippen LogP contribution in [0.3, 0.4) is 0 Å². The van der Waals surface area contributed by atoms with Crippen LogP contribution in [0.25, 0.3) is 0 Å². The predicted octanol–water partition coefficient (Wildman–Crippen LogP) is 1.45. The van der Waals surface area contributed by atoms with Gasteiger partial charge >= 0.3 is 0 Å². The van der Waals surface area contributed by atoms with E-state index in [-0.39, 0.29) is 29.2 Å². The van der Waals surface area contributed by atoms with E-state index >= 15 is 0 Å². The molecule has 2 fully saturated rings. The lowest BCUT2D eigenvalue weighted by Crippen LogP contribution is -2.62. The van der Waals surface area contributed by atoms with Crippen LogP contribution >= 0.6 is 11.6 Å². The lowest BCUT2D eigenvalue weighted by Gasteiger charge is -2.44. The summed E-state index contributed by atoms with van der Waals surface area (Å²) in [6, 6.07) is 5.63. The number of benzene rings is 1. The molecule has 0 radical (unpaired) electrons. The lowest BCUT2D eigenvalue weighted by molar-refractivity contribution is -0.139. The largest absolute Gasteiger partial charge is 0.335 e. The molecule has 2 aliphatic rings. The topological polar surface area (TPSA) is 74.8 Å². The molecule has 1 aromatic rings. The number of rotatable bonds is 2. The van der Waals surface area contributed by atoms with Crippen LogP contribution in [0, 0.1) is 5.92 Å². The lowest BCUT2D eigenvalue weighted by atomic mass is 10.0. The summed E-state index contributed by atoms with van der Waals surface area (Å²) in [6.07, 6.45) is 0. The van der Waals surface area contributed by atoms with Gasteiger partial charge in [0.2, 0.25) is 5.91 Å². The summed E-state index contributed by atoms with van der Waals surface area (Å²) >= 11 is 5.96. The van der Waals surface area contributed by atoms with Crippen molar-refractivity contribution in [2.75, 3.05) is 24.6 Å². The molecule has 0 bridgehead atoms. The van der Waals surface area contributed by atoms with Crippen molar-refractivity contribution in [3.05, 3.63) is 34.9 Å². The minimum absolute atomic E-state index is 0.0676. The fourth-order valence-corrected chi connectivity index (χ4v) is 5.77. The van der Waals surface area contributed by atoms with Crippen molar-refractivity contribution in [3.63, 3.8) is 0 Å². The Hall–Kier alpha value is -1.60. The minimum Gasteiger partial charge on any atom is -0.335 e. The molecule has 0 spiro atoms. The summed E-state index contributed by atoms with van der Waals surface area (Å²) < 4.78 is 24.4. The SMILES string of the molecule is CC(C)C(=O)N1CCN(C(=O)c2cccc(Cl)c2)[C@H]2CS(=O)(=O)C[C@H]21. The van der Waals surface area contributed by atoms with Crippen molar-refractivity contribution in [1.29, 1.82) is 0 Å². The van der Waals surface area contributed by atoms with E-state index in [4.69, 9.17) is 11.6 Å². The van der Waals surface area contributed by atoms with Gasteiger partial charge in [0.1, 0.15) is 0 Å². The molecule has 2 saturated heterocycles. The van der Waals surface area contributed by atoms with Crippen LogP contribution in [-0.4, -0.2) is 66.7 Å². The molecule has 0 saturated carbocycles. The van der Waals surface area contributed by atoms with Crippen LogP contribution in [-0.2, 0) is 14.6 Å². The van der Waals surface area contributed by atoms with Gasteiger partial charge in [0, 0.05) is 29.6 Å². The minimum atomic E-state index is -3.29. The van der Waals surface area contributed by atoms with Crippen molar-refractivity contribution in [3.8, 4) is 0 Å². The first-order valence-electron chi connectivity index (χ1n) is 8.27. The van der Waals surface area contributed by atoms with Crippen LogP contribution in [0.1, 0.15) is 24.2 Å². The highest BCUT2D eigenvalue weighted by Crippen LogP contribution is 2.29. The van der Waals surface area contributed by atoms with Gasteiger partial charge in [0.25, 0.3) is 5.91 Å². The second kappa shape index (κ2) is 6.61. The van der Waals surface area contributed by atoms with Gasteiger partial charge < -0.3 is 9.80 Å². The van der Waals surface area contributed by atoms with Gasteiger partial charge in [-0.05, 0) is 18.2 Å². The third-order valence-electron chi connectivity index (χ3n) is 4.79. The molecule has 0 N–H and O–H groups in total. The molecule has 6 nitrogen and oxygen atoms in total. The molecule has 1 aromatic carbocycles. The Balaban J connectivity index is 1.91. The smallest absolute Gasteiger partial charge is 0.254 e.